The predicted molar refractivity (Wildman–Crippen MR) is 77.9 cm³/mol. The monoisotopic (exact) mass is 308 g/mol. The first-order chi connectivity index (χ1) is 10.1. The summed E-state index contributed by atoms with van der Waals surface area (Å²) >= 11 is 5.88. The summed E-state index contributed by atoms with van der Waals surface area (Å²) in [6.07, 6.45) is 0.874. The topological polar surface area (TPSA) is 58.6 Å². The molecule has 0 saturated carbocycles. The SMILES string of the molecule is O=C1CC[C@H](C(=O)N2CCO[C@H](c3ccc(Cl)cc3)C2)N1. The Bertz CT molecular complexity index is 546. The van der Waals surface area contributed by atoms with Gasteiger partial charge < -0.3 is 15.0 Å². The van der Waals surface area contributed by atoms with Gasteiger partial charge in [-0.25, -0.2) is 0 Å². The van der Waals surface area contributed by atoms with Gasteiger partial charge >= 0.3 is 0 Å². The predicted octanol–water partition coefficient (Wildman–Crippen LogP) is 1.52. The van der Waals surface area contributed by atoms with Crippen LogP contribution in [0.1, 0.15) is 24.5 Å². The molecule has 0 aliphatic carbocycles. The zero-order chi connectivity index (χ0) is 14.8. The second kappa shape index (κ2) is 6.03. The van der Waals surface area contributed by atoms with E-state index in [4.69, 9.17) is 16.3 Å². The second-order valence-corrected chi connectivity index (χ2v) is 5.79. The third-order valence-corrected chi connectivity index (χ3v) is 4.17. The fourth-order valence-corrected chi connectivity index (χ4v) is 2.87. The van der Waals surface area contributed by atoms with Crippen molar-refractivity contribution in [3.05, 3.63) is 34.9 Å². The Morgan fingerprint density at radius 3 is 2.76 bits per heavy atom. The van der Waals surface area contributed by atoms with Crippen molar-refractivity contribution in [2.45, 2.75) is 25.0 Å². The molecule has 2 aliphatic rings. The van der Waals surface area contributed by atoms with Crippen LogP contribution in [-0.2, 0) is 14.3 Å². The van der Waals surface area contributed by atoms with Crippen molar-refractivity contribution in [3.8, 4) is 0 Å². The third kappa shape index (κ3) is 3.19. The molecule has 21 heavy (non-hydrogen) atoms. The summed E-state index contributed by atoms with van der Waals surface area (Å²) in [5.41, 5.74) is 1.01. The molecule has 2 aliphatic heterocycles. The molecule has 6 heteroatoms. The number of carbonyl (C=O) groups is 2. The van der Waals surface area contributed by atoms with Crippen LogP contribution < -0.4 is 5.32 Å². The van der Waals surface area contributed by atoms with Crippen molar-refractivity contribution in [2.75, 3.05) is 19.7 Å². The minimum absolute atomic E-state index is 0.0110. The lowest BCUT2D eigenvalue weighted by Crippen LogP contribution is -2.49. The number of hydrogen-bond acceptors (Lipinski definition) is 3. The first-order valence-corrected chi connectivity index (χ1v) is 7.46. The molecule has 0 unspecified atom stereocenters. The molecule has 2 heterocycles. The Hall–Kier alpha value is -1.59. The molecule has 0 aromatic heterocycles. The molecule has 1 aromatic carbocycles. The molecular formula is C15H17ClN2O3. The van der Waals surface area contributed by atoms with Gasteiger partial charge in [-0.05, 0) is 24.1 Å². The number of nitrogens with zero attached hydrogens (tertiary/aromatic N) is 1. The summed E-state index contributed by atoms with van der Waals surface area (Å²) in [7, 11) is 0. The number of amides is 2. The van der Waals surface area contributed by atoms with E-state index >= 15 is 0 Å². The average molecular weight is 309 g/mol. The zero-order valence-corrected chi connectivity index (χ0v) is 12.3. The molecule has 0 bridgehead atoms. The summed E-state index contributed by atoms with van der Waals surface area (Å²) in [4.78, 5) is 25.4. The summed E-state index contributed by atoms with van der Waals surface area (Å²) in [5.74, 6) is -0.0565. The van der Waals surface area contributed by atoms with Crippen molar-refractivity contribution in [1.82, 2.24) is 10.2 Å². The highest BCUT2D eigenvalue weighted by atomic mass is 35.5. The van der Waals surface area contributed by atoms with Gasteiger partial charge in [-0.2, -0.15) is 0 Å². The highest BCUT2D eigenvalue weighted by molar-refractivity contribution is 6.30. The number of ether oxygens (including phenoxy) is 1. The van der Waals surface area contributed by atoms with E-state index in [1.807, 2.05) is 24.3 Å². The summed E-state index contributed by atoms with van der Waals surface area (Å²) in [6, 6.07) is 7.09. The first-order valence-electron chi connectivity index (χ1n) is 7.09. The van der Waals surface area contributed by atoms with E-state index in [9.17, 15) is 9.59 Å². The summed E-state index contributed by atoms with van der Waals surface area (Å²) < 4.78 is 5.74. The lowest BCUT2D eigenvalue weighted by Gasteiger charge is -2.34. The number of rotatable bonds is 2. The largest absolute Gasteiger partial charge is 0.370 e. The van der Waals surface area contributed by atoms with Crippen LogP contribution in [0.3, 0.4) is 0 Å². The van der Waals surface area contributed by atoms with Crippen LogP contribution >= 0.6 is 11.6 Å². The summed E-state index contributed by atoms with van der Waals surface area (Å²) in [5, 5.41) is 3.40. The Kier molecular flexibility index (Phi) is 4.12. The van der Waals surface area contributed by atoms with Gasteiger partial charge in [-0.3, -0.25) is 9.59 Å². The Balaban J connectivity index is 1.66. The molecule has 2 amide bonds. The van der Waals surface area contributed by atoms with Gasteiger partial charge in [0, 0.05) is 18.0 Å². The maximum atomic E-state index is 12.4. The first kappa shape index (κ1) is 14.4. The Morgan fingerprint density at radius 1 is 1.33 bits per heavy atom. The fraction of sp³-hybridized carbons (Fsp3) is 0.467. The van der Waals surface area contributed by atoms with Crippen LogP contribution in [0.4, 0.5) is 0 Å². The van der Waals surface area contributed by atoms with E-state index in [0.29, 0.717) is 37.6 Å². The smallest absolute Gasteiger partial charge is 0.245 e. The maximum Gasteiger partial charge on any atom is 0.245 e. The number of halogens is 1. The van der Waals surface area contributed by atoms with Crippen LogP contribution in [0, 0.1) is 0 Å². The highest BCUT2D eigenvalue weighted by Crippen LogP contribution is 2.24. The minimum Gasteiger partial charge on any atom is -0.370 e. The van der Waals surface area contributed by atoms with Crippen molar-refractivity contribution >= 4 is 23.4 Å². The number of carbonyl (C=O) groups excluding carboxylic acids is 2. The second-order valence-electron chi connectivity index (χ2n) is 5.35. The van der Waals surface area contributed by atoms with Crippen LogP contribution in [-0.4, -0.2) is 42.5 Å². The normalized spacial score (nSPS) is 25.8. The molecule has 2 fully saturated rings. The van der Waals surface area contributed by atoms with Gasteiger partial charge in [-0.1, -0.05) is 23.7 Å². The van der Waals surface area contributed by atoms with Crippen molar-refractivity contribution in [3.63, 3.8) is 0 Å². The van der Waals surface area contributed by atoms with Gasteiger partial charge in [0.15, 0.2) is 0 Å². The molecule has 2 atom stereocenters. The van der Waals surface area contributed by atoms with Crippen LogP contribution in [0.5, 0.6) is 0 Å². The van der Waals surface area contributed by atoms with Gasteiger partial charge in [-0.15, -0.1) is 0 Å². The van der Waals surface area contributed by atoms with E-state index in [2.05, 4.69) is 5.32 Å². The van der Waals surface area contributed by atoms with E-state index in [1.165, 1.54) is 0 Å². The van der Waals surface area contributed by atoms with Crippen LogP contribution in [0.2, 0.25) is 5.02 Å². The molecule has 3 rings (SSSR count). The molecular weight excluding hydrogens is 292 g/mol. The standard InChI is InChI=1S/C15H17ClN2O3/c16-11-3-1-10(2-4-11)13-9-18(7-8-21-13)15(20)12-5-6-14(19)17-12/h1-4,12-13H,5-9H2,(H,17,19)/t12-,13+/m1/s1. The number of nitrogens with one attached hydrogen (secondary N) is 1. The number of morpholine rings is 1. The summed E-state index contributed by atoms with van der Waals surface area (Å²) in [6.45, 7) is 1.57. The van der Waals surface area contributed by atoms with Crippen LogP contribution in [0.15, 0.2) is 24.3 Å². The molecule has 0 spiro atoms. The average Bonchev–Trinajstić information content (AvgIpc) is 2.94. The van der Waals surface area contributed by atoms with E-state index in [0.717, 1.165) is 5.56 Å². The van der Waals surface area contributed by atoms with Gasteiger partial charge in [0.05, 0.1) is 13.2 Å². The van der Waals surface area contributed by atoms with E-state index in [1.54, 1.807) is 4.90 Å². The quantitative estimate of drug-likeness (QED) is 0.901. The highest BCUT2D eigenvalue weighted by Gasteiger charge is 2.33. The minimum atomic E-state index is -0.374. The molecule has 5 nitrogen and oxygen atoms in total. The Morgan fingerprint density at radius 2 is 2.10 bits per heavy atom. The Labute approximate surface area is 128 Å². The zero-order valence-electron chi connectivity index (χ0n) is 11.5. The van der Waals surface area contributed by atoms with Gasteiger partial charge in [0.25, 0.3) is 0 Å². The van der Waals surface area contributed by atoms with Gasteiger partial charge in [0.2, 0.25) is 11.8 Å². The molecule has 112 valence electrons. The molecule has 0 radical (unpaired) electrons. The fourth-order valence-electron chi connectivity index (χ4n) is 2.75. The number of benzene rings is 1. The van der Waals surface area contributed by atoms with E-state index in [-0.39, 0.29) is 24.0 Å². The lowest BCUT2D eigenvalue weighted by atomic mass is 10.1. The number of hydrogen-bond donors (Lipinski definition) is 1. The van der Waals surface area contributed by atoms with Crippen molar-refractivity contribution in [2.24, 2.45) is 0 Å². The van der Waals surface area contributed by atoms with E-state index < -0.39 is 0 Å². The molecule has 1 N–H and O–H groups in total. The van der Waals surface area contributed by atoms with Crippen molar-refractivity contribution in [1.29, 1.82) is 0 Å². The lowest BCUT2D eigenvalue weighted by molar-refractivity contribution is -0.141. The third-order valence-electron chi connectivity index (χ3n) is 3.91. The van der Waals surface area contributed by atoms with Crippen molar-refractivity contribution < 1.29 is 14.3 Å². The van der Waals surface area contributed by atoms with Gasteiger partial charge in [0.1, 0.15) is 12.1 Å². The molecule has 2 saturated heterocycles. The molecule has 1 aromatic rings. The van der Waals surface area contributed by atoms with Crippen LogP contribution in [0.25, 0.3) is 0 Å². The maximum absolute atomic E-state index is 12.4.